The molecule has 160 valence electrons. The van der Waals surface area contributed by atoms with E-state index in [0.29, 0.717) is 12.8 Å². The lowest BCUT2D eigenvalue weighted by molar-refractivity contribution is -0.130. The average Bonchev–Trinajstić information content (AvgIpc) is 3.29. The summed E-state index contributed by atoms with van der Waals surface area (Å²) in [5.41, 5.74) is 4.18. The van der Waals surface area contributed by atoms with Crippen molar-refractivity contribution in [1.82, 2.24) is 4.90 Å². The fraction of sp³-hybridized carbons (Fsp3) is 0.280. The molecule has 6 heteroatoms. The van der Waals surface area contributed by atoms with Gasteiger partial charge in [-0.3, -0.25) is 9.59 Å². The van der Waals surface area contributed by atoms with Crippen molar-refractivity contribution in [3.05, 3.63) is 82.0 Å². The molecular weight excluding hydrogens is 406 g/mol. The molecule has 4 rings (SSSR count). The van der Waals surface area contributed by atoms with E-state index < -0.39 is 0 Å². The molecular formula is C25H27N3O2S. The first kappa shape index (κ1) is 21.1. The Morgan fingerprint density at radius 1 is 0.903 bits per heavy atom. The van der Waals surface area contributed by atoms with E-state index >= 15 is 0 Å². The van der Waals surface area contributed by atoms with Crippen LogP contribution < -0.4 is 10.2 Å². The number of carbonyl (C=O) groups is 2. The smallest absolute Gasteiger partial charge is 0.229 e. The summed E-state index contributed by atoms with van der Waals surface area (Å²) in [6, 6.07) is 20.0. The lowest BCUT2D eigenvalue weighted by Crippen LogP contribution is -2.49. The highest BCUT2D eigenvalue weighted by atomic mass is 32.1. The topological polar surface area (TPSA) is 52.7 Å². The summed E-state index contributed by atoms with van der Waals surface area (Å²) >= 11 is 1.59. The van der Waals surface area contributed by atoms with Crippen LogP contribution in [0, 0.1) is 6.92 Å². The minimum atomic E-state index is -0.00372. The van der Waals surface area contributed by atoms with Crippen LogP contribution in [-0.2, 0) is 22.4 Å². The number of carbonyl (C=O) groups excluding carboxylic acids is 2. The van der Waals surface area contributed by atoms with Gasteiger partial charge in [-0.2, -0.15) is 0 Å². The maximum Gasteiger partial charge on any atom is 0.229 e. The van der Waals surface area contributed by atoms with Gasteiger partial charge in [-0.1, -0.05) is 30.3 Å². The van der Waals surface area contributed by atoms with E-state index in [0.717, 1.165) is 53.6 Å². The molecule has 1 aliphatic rings. The van der Waals surface area contributed by atoms with Crippen LogP contribution in [0.2, 0.25) is 0 Å². The molecule has 0 radical (unpaired) electrons. The van der Waals surface area contributed by atoms with Gasteiger partial charge in [-0.25, -0.2) is 0 Å². The summed E-state index contributed by atoms with van der Waals surface area (Å²) in [5.74, 6) is 0.189. The van der Waals surface area contributed by atoms with Crippen LogP contribution in [0.4, 0.5) is 11.4 Å². The van der Waals surface area contributed by atoms with Crippen LogP contribution in [0.15, 0.2) is 66.0 Å². The Hall–Kier alpha value is -3.12. The van der Waals surface area contributed by atoms with Gasteiger partial charge < -0.3 is 15.1 Å². The number of amides is 2. The van der Waals surface area contributed by atoms with Crippen LogP contribution in [0.1, 0.15) is 16.0 Å². The first-order valence-electron chi connectivity index (χ1n) is 10.6. The van der Waals surface area contributed by atoms with Gasteiger partial charge in [0.1, 0.15) is 0 Å². The minimum absolute atomic E-state index is 0.00372. The van der Waals surface area contributed by atoms with Gasteiger partial charge in [0.15, 0.2) is 0 Å². The van der Waals surface area contributed by atoms with Crippen molar-refractivity contribution >= 4 is 34.5 Å². The van der Waals surface area contributed by atoms with Crippen LogP contribution in [0.25, 0.3) is 0 Å². The van der Waals surface area contributed by atoms with E-state index in [2.05, 4.69) is 23.2 Å². The van der Waals surface area contributed by atoms with E-state index in [1.165, 1.54) is 0 Å². The van der Waals surface area contributed by atoms with Crippen molar-refractivity contribution in [3.63, 3.8) is 0 Å². The van der Waals surface area contributed by atoms with E-state index in [9.17, 15) is 9.59 Å². The highest BCUT2D eigenvalue weighted by Crippen LogP contribution is 2.21. The van der Waals surface area contributed by atoms with Gasteiger partial charge in [0, 0.05) is 42.4 Å². The van der Waals surface area contributed by atoms with Crippen LogP contribution in [-0.4, -0.2) is 42.9 Å². The predicted octanol–water partition coefficient (Wildman–Crippen LogP) is 4.13. The Balaban J connectivity index is 1.27. The summed E-state index contributed by atoms with van der Waals surface area (Å²) in [6.45, 7) is 5.12. The first-order valence-corrected chi connectivity index (χ1v) is 11.5. The Kier molecular flexibility index (Phi) is 6.67. The second-order valence-corrected chi connectivity index (χ2v) is 8.85. The summed E-state index contributed by atoms with van der Waals surface area (Å²) in [7, 11) is 0. The lowest BCUT2D eigenvalue weighted by atomic mass is 10.1. The highest BCUT2D eigenvalue weighted by Gasteiger charge is 2.21. The Morgan fingerprint density at radius 2 is 1.65 bits per heavy atom. The van der Waals surface area contributed by atoms with Crippen LogP contribution in [0.5, 0.6) is 0 Å². The number of nitrogens with zero attached hydrogens (tertiary/aromatic N) is 2. The van der Waals surface area contributed by atoms with Gasteiger partial charge >= 0.3 is 0 Å². The Labute approximate surface area is 187 Å². The number of hydrogen-bond donors (Lipinski definition) is 1. The molecule has 2 heterocycles. The molecule has 31 heavy (non-hydrogen) atoms. The van der Waals surface area contributed by atoms with Crippen LogP contribution >= 0.6 is 11.3 Å². The van der Waals surface area contributed by atoms with Gasteiger partial charge in [0.2, 0.25) is 11.8 Å². The number of nitrogens with one attached hydrogen (secondary N) is 1. The van der Waals surface area contributed by atoms with Crippen LogP contribution in [0.3, 0.4) is 0 Å². The van der Waals surface area contributed by atoms with Gasteiger partial charge in [-0.15, -0.1) is 11.3 Å². The number of anilines is 2. The van der Waals surface area contributed by atoms with E-state index in [1.54, 1.807) is 11.3 Å². The highest BCUT2D eigenvalue weighted by molar-refractivity contribution is 7.10. The normalized spacial score (nSPS) is 13.8. The SMILES string of the molecule is Cc1ccccc1CC(=O)N1CCN(c2ccc(NC(=O)Cc3cccs3)cc2)CC1. The predicted molar refractivity (Wildman–Crippen MR) is 127 cm³/mol. The molecule has 2 aromatic carbocycles. The number of thiophene rings is 1. The molecule has 1 aromatic heterocycles. The Bertz CT molecular complexity index is 1020. The molecule has 0 saturated carbocycles. The van der Waals surface area contributed by atoms with E-state index in [1.807, 2.05) is 64.9 Å². The molecule has 5 nitrogen and oxygen atoms in total. The second kappa shape index (κ2) is 9.79. The van der Waals surface area contributed by atoms with Crippen molar-refractivity contribution in [2.45, 2.75) is 19.8 Å². The average molecular weight is 434 g/mol. The third-order valence-electron chi connectivity index (χ3n) is 5.67. The standard InChI is InChI=1S/C25H27N3O2S/c1-19-5-2-3-6-20(19)17-25(30)28-14-12-27(13-15-28)22-10-8-21(9-11-22)26-24(29)18-23-7-4-16-31-23/h2-11,16H,12-15,17-18H2,1H3,(H,26,29). The molecule has 1 N–H and O–H groups in total. The zero-order valence-corrected chi connectivity index (χ0v) is 18.5. The summed E-state index contributed by atoms with van der Waals surface area (Å²) in [6.07, 6.45) is 0.866. The molecule has 0 unspecified atom stereocenters. The third-order valence-corrected chi connectivity index (χ3v) is 6.54. The number of benzene rings is 2. The molecule has 1 aliphatic heterocycles. The van der Waals surface area contributed by atoms with E-state index in [4.69, 9.17) is 0 Å². The van der Waals surface area contributed by atoms with Crippen molar-refractivity contribution in [1.29, 1.82) is 0 Å². The molecule has 1 saturated heterocycles. The number of aryl methyl sites for hydroxylation is 1. The molecule has 0 bridgehead atoms. The maximum atomic E-state index is 12.7. The molecule has 1 fully saturated rings. The molecule has 3 aromatic rings. The van der Waals surface area contributed by atoms with E-state index in [-0.39, 0.29) is 11.8 Å². The maximum absolute atomic E-state index is 12.7. The first-order chi connectivity index (χ1) is 15.1. The molecule has 0 spiro atoms. The molecule has 0 atom stereocenters. The monoisotopic (exact) mass is 433 g/mol. The van der Waals surface area contributed by atoms with Crippen molar-refractivity contribution in [3.8, 4) is 0 Å². The Morgan fingerprint density at radius 3 is 2.32 bits per heavy atom. The fourth-order valence-electron chi connectivity index (χ4n) is 3.83. The van der Waals surface area contributed by atoms with Gasteiger partial charge in [0.05, 0.1) is 12.8 Å². The van der Waals surface area contributed by atoms with Crippen molar-refractivity contribution < 1.29 is 9.59 Å². The number of rotatable bonds is 6. The van der Waals surface area contributed by atoms with Gasteiger partial charge in [0.25, 0.3) is 0 Å². The number of hydrogen-bond acceptors (Lipinski definition) is 4. The van der Waals surface area contributed by atoms with Crippen molar-refractivity contribution in [2.24, 2.45) is 0 Å². The van der Waals surface area contributed by atoms with Gasteiger partial charge in [-0.05, 0) is 53.8 Å². The number of piperazine rings is 1. The summed E-state index contributed by atoms with van der Waals surface area (Å²) in [5, 5.41) is 4.94. The lowest BCUT2D eigenvalue weighted by Gasteiger charge is -2.36. The fourth-order valence-corrected chi connectivity index (χ4v) is 4.53. The largest absolute Gasteiger partial charge is 0.368 e. The molecule has 2 amide bonds. The summed E-state index contributed by atoms with van der Waals surface area (Å²) in [4.78, 5) is 30.2. The minimum Gasteiger partial charge on any atom is -0.368 e. The zero-order valence-electron chi connectivity index (χ0n) is 17.7. The summed E-state index contributed by atoms with van der Waals surface area (Å²) < 4.78 is 0. The molecule has 0 aliphatic carbocycles. The second-order valence-electron chi connectivity index (χ2n) is 7.82. The van der Waals surface area contributed by atoms with Crippen molar-refractivity contribution in [2.75, 3.05) is 36.4 Å². The zero-order chi connectivity index (χ0) is 21.6. The third kappa shape index (κ3) is 5.52. The quantitative estimate of drug-likeness (QED) is 0.636.